The van der Waals surface area contributed by atoms with Gasteiger partial charge in [0.05, 0.1) is 10.9 Å². The Balaban J connectivity index is 3.38. The van der Waals surface area contributed by atoms with Crippen molar-refractivity contribution in [3.05, 3.63) is 24.3 Å². The van der Waals surface area contributed by atoms with Crippen LogP contribution in [-0.4, -0.2) is 27.6 Å². The summed E-state index contributed by atoms with van der Waals surface area (Å²) in [4.78, 5) is 0.731. The first-order chi connectivity index (χ1) is 8.43. The molecule has 1 unspecified atom stereocenters. The Hall–Kier alpha value is -1.07. The molecule has 0 aliphatic rings. The minimum Gasteiger partial charge on any atom is -0.399 e. The van der Waals surface area contributed by atoms with Gasteiger partial charge in [0.2, 0.25) is 0 Å². The van der Waals surface area contributed by atoms with Gasteiger partial charge in [-0.25, -0.2) is 12.9 Å². The number of hydrogen-bond donors (Lipinski definition) is 1. The van der Waals surface area contributed by atoms with Crippen molar-refractivity contribution in [3.63, 3.8) is 0 Å². The average Bonchev–Trinajstić information content (AvgIpc) is 2.30. The summed E-state index contributed by atoms with van der Waals surface area (Å²) in [5.41, 5.74) is 6.35. The molecule has 5 heteroatoms. The van der Waals surface area contributed by atoms with E-state index in [-0.39, 0.29) is 6.04 Å². The van der Waals surface area contributed by atoms with E-state index in [1.807, 2.05) is 44.1 Å². The Morgan fingerprint density at radius 2 is 1.72 bits per heavy atom. The molecule has 0 bridgehead atoms. The standard InChI is InChI=1S/C13H23N3OS/c1-5-16(6-2)18(17,15-11(3)4)13-9-7-12(14)8-10-13/h7-11H,5-6,14H2,1-4H3. The molecule has 0 aliphatic carbocycles. The van der Waals surface area contributed by atoms with E-state index in [9.17, 15) is 4.21 Å². The third-order valence-electron chi connectivity index (χ3n) is 2.60. The van der Waals surface area contributed by atoms with Gasteiger partial charge < -0.3 is 5.73 Å². The number of nitrogens with two attached hydrogens (primary N) is 1. The minimum atomic E-state index is -2.52. The summed E-state index contributed by atoms with van der Waals surface area (Å²) >= 11 is 0. The fraction of sp³-hybridized carbons (Fsp3) is 0.538. The van der Waals surface area contributed by atoms with E-state index < -0.39 is 9.92 Å². The zero-order chi connectivity index (χ0) is 13.8. The van der Waals surface area contributed by atoms with Crippen molar-refractivity contribution < 1.29 is 4.21 Å². The van der Waals surface area contributed by atoms with E-state index in [1.165, 1.54) is 0 Å². The lowest BCUT2D eigenvalue weighted by atomic mass is 10.3. The van der Waals surface area contributed by atoms with Crippen molar-refractivity contribution in [1.82, 2.24) is 4.31 Å². The number of rotatable bonds is 5. The van der Waals surface area contributed by atoms with Gasteiger partial charge in [-0.05, 0) is 38.1 Å². The highest BCUT2D eigenvalue weighted by Crippen LogP contribution is 2.20. The third kappa shape index (κ3) is 3.23. The lowest BCUT2D eigenvalue weighted by Crippen LogP contribution is -2.31. The van der Waals surface area contributed by atoms with Gasteiger partial charge in [0.15, 0.2) is 0 Å². The van der Waals surface area contributed by atoms with Crippen molar-refractivity contribution in [3.8, 4) is 0 Å². The maximum Gasteiger partial charge on any atom is 0.140 e. The summed E-state index contributed by atoms with van der Waals surface area (Å²) in [5, 5.41) is 0. The highest BCUT2D eigenvalue weighted by molar-refractivity contribution is 7.91. The molecule has 0 saturated carbocycles. The van der Waals surface area contributed by atoms with Gasteiger partial charge in [-0.3, -0.25) is 0 Å². The quantitative estimate of drug-likeness (QED) is 0.836. The van der Waals surface area contributed by atoms with Crippen LogP contribution >= 0.6 is 0 Å². The zero-order valence-corrected chi connectivity index (χ0v) is 12.4. The number of anilines is 1. The lowest BCUT2D eigenvalue weighted by molar-refractivity contribution is 0.479. The molecule has 0 radical (unpaired) electrons. The normalized spacial score (nSPS) is 14.8. The van der Waals surface area contributed by atoms with Gasteiger partial charge >= 0.3 is 0 Å². The predicted octanol–water partition coefficient (Wildman–Crippen LogP) is 2.76. The Bertz CT molecular complexity index is 483. The highest BCUT2D eigenvalue weighted by Gasteiger charge is 2.20. The Labute approximate surface area is 110 Å². The summed E-state index contributed by atoms with van der Waals surface area (Å²) in [7, 11) is -2.52. The molecular formula is C13H23N3OS. The van der Waals surface area contributed by atoms with Crippen molar-refractivity contribution in [2.75, 3.05) is 18.8 Å². The van der Waals surface area contributed by atoms with E-state index in [0.29, 0.717) is 18.8 Å². The van der Waals surface area contributed by atoms with Crippen LogP contribution in [0.2, 0.25) is 0 Å². The first-order valence-electron chi connectivity index (χ1n) is 6.31. The largest absolute Gasteiger partial charge is 0.399 e. The molecule has 102 valence electrons. The summed E-state index contributed by atoms with van der Waals surface area (Å²) in [6.07, 6.45) is 0. The van der Waals surface area contributed by atoms with Gasteiger partial charge in [-0.1, -0.05) is 13.8 Å². The van der Waals surface area contributed by atoms with E-state index in [0.717, 1.165) is 4.90 Å². The molecule has 0 amide bonds. The lowest BCUT2D eigenvalue weighted by Gasteiger charge is -2.24. The number of nitrogen functional groups attached to an aromatic ring is 1. The van der Waals surface area contributed by atoms with Gasteiger partial charge in [-0.2, -0.15) is 0 Å². The minimum absolute atomic E-state index is 0.0238. The van der Waals surface area contributed by atoms with Crippen LogP contribution in [0.1, 0.15) is 27.7 Å². The Morgan fingerprint density at radius 3 is 2.11 bits per heavy atom. The van der Waals surface area contributed by atoms with Crippen LogP contribution < -0.4 is 5.73 Å². The molecule has 4 nitrogen and oxygen atoms in total. The van der Waals surface area contributed by atoms with Crippen molar-refractivity contribution in [1.29, 1.82) is 0 Å². The Morgan fingerprint density at radius 1 is 1.22 bits per heavy atom. The fourth-order valence-electron chi connectivity index (χ4n) is 1.78. The SMILES string of the molecule is CCN(CC)S(=O)(=NC(C)C)c1ccc(N)cc1. The summed E-state index contributed by atoms with van der Waals surface area (Å²) in [6, 6.07) is 7.18. The van der Waals surface area contributed by atoms with Crippen molar-refractivity contribution >= 4 is 15.6 Å². The number of hydrogen-bond acceptors (Lipinski definition) is 3. The molecule has 0 heterocycles. The highest BCUT2D eigenvalue weighted by atomic mass is 32.2. The van der Waals surface area contributed by atoms with Crippen molar-refractivity contribution in [2.45, 2.75) is 38.6 Å². The molecule has 0 fully saturated rings. The molecule has 0 spiro atoms. The monoisotopic (exact) mass is 269 g/mol. The second-order valence-corrected chi connectivity index (χ2v) is 6.57. The van der Waals surface area contributed by atoms with Crippen molar-refractivity contribution in [2.24, 2.45) is 4.36 Å². The summed E-state index contributed by atoms with van der Waals surface area (Å²) < 4.78 is 19.6. The topological polar surface area (TPSA) is 58.7 Å². The fourth-order valence-corrected chi connectivity index (χ4v) is 4.10. The second-order valence-electron chi connectivity index (χ2n) is 4.38. The van der Waals surface area contributed by atoms with Crippen LogP contribution in [-0.2, 0) is 9.92 Å². The molecule has 1 aromatic rings. The number of benzene rings is 1. The van der Waals surface area contributed by atoms with Crippen LogP contribution in [0.15, 0.2) is 33.5 Å². The van der Waals surface area contributed by atoms with E-state index in [4.69, 9.17) is 5.73 Å². The van der Waals surface area contributed by atoms with Crippen LogP contribution in [0.3, 0.4) is 0 Å². The van der Waals surface area contributed by atoms with Gasteiger partial charge in [0.1, 0.15) is 9.92 Å². The molecule has 2 N–H and O–H groups in total. The molecule has 0 aromatic heterocycles. The van der Waals surface area contributed by atoms with E-state index >= 15 is 0 Å². The summed E-state index contributed by atoms with van der Waals surface area (Å²) in [5.74, 6) is 0. The predicted molar refractivity (Wildman–Crippen MR) is 77.7 cm³/mol. The molecular weight excluding hydrogens is 246 g/mol. The molecule has 18 heavy (non-hydrogen) atoms. The average molecular weight is 269 g/mol. The van der Waals surface area contributed by atoms with Gasteiger partial charge in [-0.15, -0.1) is 0 Å². The van der Waals surface area contributed by atoms with Gasteiger partial charge in [0, 0.05) is 18.8 Å². The first kappa shape index (κ1) is 15.0. The van der Waals surface area contributed by atoms with E-state index in [1.54, 1.807) is 12.1 Å². The first-order valence-corrected chi connectivity index (χ1v) is 7.78. The van der Waals surface area contributed by atoms with Crippen LogP contribution in [0, 0.1) is 0 Å². The second kappa shape index (κ2) is 6.20. The smallest absolute Gasteiger partial charge is 0.140 e. The van der Waals surface area contributed by atoms with Gasteiger partial charge in [0.25, 0.3) is 0 Å². The van der Waals surface area contributed by atoms with Crippen LogP contribution in [0.4, 0.5) is 5.69 Å². The zero-order valence-electron chi connectivity index (χ0n) is 11.6. The maximum absolute atomic E-state index is 13.2. The third-order valence-corrected chi connectivity index (χ3v) is 5.41. The van der Waals surface area contributed by atoms with Crippen LogP contribution in [0.5, 0.6) is 0 Å². The summed E-state index contributed by atoms with van der Waals surface area (Å²) in [6.45, 7) is 9.29. The van der Waals surface area contributed by atoms with Crippen LogP contribution in [0.25, 0.3) is 0 Å². The molecule has 1 rings (SSSR count). The molecule has 1 atom stereocenters. The maximum atomic E-state index is 13.2. The molecule has 0 saturated heterocycles. The molecule has 0 aliphatic heterocycles. The molecule has 1 aromatic carbocycles. The van der Waals surface area contributed by atoms with E-state index in [2.05, 4.69) is 4.36 Å². The Kier molecular flexibility index (Phi) is 5.16. The number of nitrogens with zero attached hydrogens (tertiary/aromatic N) is 2.